The van der Waals surface area contributed by atoms with E-state index in [1.807, 2.05) is 0 Å². The Morgan fingerprint density at radius 3 is 2.29 bits per heavy atom. The van der Waals surface area contributed by atoms with Crippen LogP contribution in [-0.2, 0) is 11.0 Å². The van der Waals surface area contributed by atoms with Crippen molar-refractivity contribution in [1.29, 1.82) is 0 Å². The van der Waals surface area contributed by atoms with Crippen molar-refractivity contribution in [2.45, 2.75) is 6.18 Å². The lowest BCUT2D eigenvalue weighted by atomic mass is 10.1. The summed E-state index contributed by atoms with van der Waals surface area (Å²) in [6.07, 6.45) is -4.72. The highest BCUT2D eigenvalue weighted by Gasteiger charge is 2.33. The molecule has 0 atom stereocenters. The molecule has 0 saturated carbocycles. The van der Waals surface area contributed by atoms with Gasteiger partial charge in [0.1, 0.15) is 5.69 Å². The van der Waals surface area contributed by atoms with Crippen LogP contribution in [0.2, 0.25) is 0 Å². The highest BCUT2D eigenvalue weighted by molar-refractivity contribution is 5.96. The summed E-state index contributed by atoms with van der Waals surface area (Å²) in [5, 5.41) is 18.4. The number of halogens is 3. The number of hydrogen-bond acceptors (Lipinski definition) is 5. The molecule has 0 bridgehead atoms. The summed E-state index contributed by atoms with van der Waals surface area (Å²) >= 11 is 0. The smallest absolute Gasteiger partial charge is 0.371 e. The number of carbonyl (C=O) groups is 2. The van der Waals surface area contributed by atoms with Gasteiger partial charge >= 0.3 is 6.18 Å². The van der Waals surface area contributed by atoms with Gasteiger partial charge in [0.25, 0.3) is 11.6 Å². The number of benzene rings is 2. The van der Waals surface area contributed by atoms with E-state index in [4.69, 9.17) is 0 Å². The Morgan fingerprint density at radius 1 is 1.11 bits per heavy atom. The van der Waals surface area contributed by atoms with Crippen LogP contribution in [0.3, 0.4) is 0 Å². The molecule has 0 fully saturated rings. The van der Waals surface area contributed by atoms with Crippen LogP contribution in [-0.4, -0.2) is 30.3 Å². The van der Waals surface area contributed by atoms with Crippen LogP contribution in [0.4, 0.5) is 30.2 Å². The molecule has 2 amide bonds. The topological polar surface area (TPSA) is 113 Å². The second-order valence-electron chi connectivity index (χ2n) is 5.55. The Bertz CT molecular complexity index is 898. The standard InChI is InChI=1S/C17H15F3N4O4/c1-21-16(26)10-2-5-12(6-3-10)23-15(25)9-22-13-7-4-11(17(18,19)20)8-14(13)24(27)28/h2-8,22H,9H2,1H3,(H,21,26)(H,23,25). The van der Waals surface area contributed by atoms with E-state index in [9.17, 15) is 32.9 Å². The second kappa shape index (κ2) is 8.37. The molecule has 0 saturated heterocycles. The first-order valence-corrected chi connectivity index (χ1v) is 7.83. The summed E-state index contributed by atoms with van der Waals surface area (Å²) in [7, 11) is 1.48. The van der Waals surface area contributed by atoms with Gasteiger partial charge in [-0.2, -0.15) is 13.2 Å². The molecule has 0 aliphatic carbocycles. The minimum Gasteiger partial charge on any atom is -0.371 e. The Morgan fingerprint density at radius 2 is 1.75 bits per heavy atom. The van der Waals surface area contributed by atoms with E-state index in [1.165, 1.54) is 31.3 Å². The predicted molar refractivity (Wildman–Crippen MR) is 95.1 cm³/mol. The van der Waals surface area contributed by atoms with Crippen LogP contribution in [0, 0.1) is 10.1 Å². The molecule has 0 aliphatic rings. The van der Waals surface area contributed by atoms with Crippen LogP contribution >= 0.6 is 0 Å². The number of amides is 2. The molecular weight excluding hydrogens is 381 g/mol. The first-order valence-electron chi connectivity index (χ1n) is 7.83. The number of anilines is 2. The molecule has 3 N–H and O–H groups in total. The molecule has 0 unspecified atom stereocenters. The van der Waals surface area contributed by atoms with Crippen LogP contribution in [0.5, 0.6) is 0 Å². The third kappa shape index (κ3) is 5.19. The predicted octanol–water partition coefficient (Wildman–Crippen LogP) is 3.02. The number of alkyl halides is 3. The van der Waals surface area contributed by atoms with Crippen molar-refractivity contribution in [2.24, 2.45) is 0 Å². The molecule has 8 nitrogen and oxygen atoms in total. The van der Waals surface area contributed by atoms with Crippen LogP contribution in [0.15, 0.2) is 42.5 Å². The Balaban J connectivity index is 2.04. The molecule has 0 aliphatic heterocycles. The molecule has 2 aromatic rings. The van der Waals surface area contributed by atoms with E-state index in [-0.39, 0.29) is 11.6 Å². The van der Waals surface area contributed by atoms with E-state index in [1.54, 1.807) is 0 Å². The van der Waals surface area contributed by atoms with Gasteiger partial charge < -0.3 is 16.0 Å². The fourth-order valence-electron chi connectivity index (χ4n) is 2.24. The second-order valence-corrected chi connectivity index (χ2v) is 5.55. The van der Waals surface area contributed by atoms with Crippen LogP contribution in [0.1, 0.15) is 15.9 Å². The largest absolute Gasteiger partial charge is 0.416 e. The zero-order valence-corrected chi connectivity index (χ0v) is 14.5. The first-order chi connectivity index (χ1) is 13.1. The summed E-state index contributed by atoms with van der Waals surface area (Å²) in [4.78, 5) is 33.5. The van der Waals surface area contributed by atoms with Crippen molar-refractivity contribution < 1.29 is 27.7 Å². The van der Waals surface area contributed by atoms with Gasteiger partial charge in [-0.3, -0.25) is 19.7 Å². The summed E-state index contributed by atoms with van der Waals surface area (Å²) < 4.78 is 38.1. The molecular formula is C17H15F3N4O4. The third-order valence-corrected chi connectivity index (χ3v) is 3.62. The van der Waals surface area contributed by atoms with E-state index in [0.29, 0.717) is 23.4 Å². The van der Waals surface area contributed by atoms with E-state index >= 15 is 0 Å². The van der Waals surface area contributed by atoms with Gasteiger partial charge in [-0.25, -0.2) is 0 Å². The summed E-state index contributed by atoms with van der Waals surface area (Å²) in [6.45, 7) is -0.413. The molecule has 28 heavy (non-hydrogen) atoms. The Hall–Kier alpha value is -3.63. The van der Waals surface area contributed by atoms with E-state index in [2.05, 4.69) is 16.0 Å². The van der Waals surface area contributed by atoms with Gasteiger partial charge in [0, 0.05) is 24.4 Å². The number of rotatable bonds is 6. The number of nitro benzene ring substituents is 1. The van der Waals surface area contributed by atoms with Gasteiger partial charge in [0.15, 0.2) is 0 Å². The molecule has 0 radical (unpaired) electrons. The molecule has 0 heterocycles. The minimum atomic E-state index is -4.72. The number of nitrogens with one attached hydrogen (secondary N) is 3. The average molecular weight is 396 g/mol. The lowest BCUT2D eigenvalue weighted by molar-refractivity contribution is -0.384. The van der Waals surface area contributed by atoms with Gasteiger partial charge in [-0.15, -0.1) is 0 Å². The molecule has 0 aromatic heterocycles. The maximum atomic E-state index is 12.7. The molecule has 2 aromatic carbocycles. The first kappa shape index (κ1) is 20.7. The normalized spacial score (nSPS) is 10.9. The summed E-state index contributed by atoms with van der Waals surface area (Å²) in [6, 6.07) is 7.94. The van der Waals surface area contributed by atoms with Gasteiger partial charge in [0.2, 0.25) is 5.91 Å². The lowest BCUT2D eigenvalue weighted by Crippen LogP contribution is -2.22. The molecule has 148 valence electrons. The third-order valence-electron chi connectivity index (χ3n) is 3.62. The fraction of sp³-hybridized carbons (Fsp3) is 0.176. The van der Waals surface area contributed by atoms with Crippen LogP contribution < -0.4 is 16.0 Å². The van der Waals surface area contributed by atoms with Gasteiger partial charge in [0.05, 0.1) is 17.0 Å². The Labute approximate surface area is 156 Å². The quantitative estimate of drug-likeness (QED) is 0.513. The number of nitro groups is 1. The number of nitrogens with zero attached hydrogens (tertiary/aromatic N) is 1. The van der Waals surface area contributed by atoms with Crippen molar-refractivity contribution in [2.75, 3.05) is 24.2 Å². The van der Waals surface area contributed by atoms with Crippen molar-refractivity contribution in [3.05, 3.63) is 63.7 Å². The highest BCUT2D eigenvalue weighted by Crippen LogP contribution is 2.34. The molecule has 0 spiro atoms. The maximum Gasteiger partial charge on any atom is 0.416 e. The Kier molecular flexibility index (Phi) is 6.18. The monoisotopic (exact) mass is 396 g/mol. The lowest BCUT2D eigenvalue weighted by Gasteiger charge is -2.11. The average Bonchev–Trinajstić information content (AvgIpc) is 2.65. The van der Waals surface area contributed by atoms with Crippen LogP contribution in [0.25, 0.3) is 0 Å². The maximum absolute atomic E-state index is 12.7. The minimum absolute atomic E-state index is 0.219. The van der Waals surface area contributed by atoms with Crippen molar-refractivity contribution in [1.82, 2.24) is 5.32 Å². The molecule has 2 rings (SSSR count). The van der Waals surface area contributed by atoms with E-state index in [0.717, 1.165) is 6.07 Å². The summed E-state index contributed by atoms with van der Waals surface area (Å²) in [5.41, 5.74) is -1.41. The highest BCUT2D eigenvalue weighted by atomic mass is 19.4. The zero-order chi connectivity index (χ0) is 20.9. The fourth-order valence-corrected chi connectivity index (χ4v) is 2.24. The van der Waals surface area contributed by atoms with Gasteiger partial charge in [-0.05, 0) is 36.4 Å². The zero-order valence-electron chi connectivity index (χ0n) is 14.5. The molecule has 11 heteroatoms. The number of carbonyl (C=O) groups excluding carboxylic acids is 2. The van der Waals surface area contributed by atoms with Crippen molar-refractivity contribution in [3.63, 3.8) is 0 Å². The number of hydrogen-bond donors (Lipinski definition) is 3. The van der Waals surface area contributed by atoms with Crippen molar-refractivity contribution in [3.8, 4) is 0 Å². The summed E-state index contributed by atoms with van der Waals surface area (Å²) in [5.74, 6) is -0.879. The van der Waals surface area contributed by atoms with Gasteiger partial charge in [-0.1, -0.05) is 0 Å². The SMILES string of the molecule is CNC(=O)c1ccc(NC(=O)CNc2ccc(C(F)(F)F)cc2[N+](=O)[O-])cc1. The van der Waals surface area contributed by atoms with Crippen molar-refractivity contribution >= 4 is 28.9 Å². The van der Waals surface area contributed by atoms with E-state index < -0.39 is 34.8 Å².